The standard InChI is InChI=1S/C8H7FN2O/c9-7-2-1-5-8(11-7)6(12)3-4-10-5/h1-2,10H,3-4H2. The third-order valence-electron chi connectivity index (χ3n) is 1.79. The summed E-state index contributed by atoms with van der Waals surface area (Å²) in [6, 6.07) is 2.78. The number of carbonyl (C=O) groups is 1. The molecule has 2 heterocycles. The van der Waals surface area contributed by atoms with E-state index in [0.717, 1.165) is 0 Å². The number of carbonyl (C=O) groups excluding carboxylic acids is 1. The van der Waals surface area contributed by atoms with Gasteiger partial charge in [-0.3, -0.25) is 4.79 Å². The van der Waals surface area contributed by atoms with Crippen LogP contribution in [0.25, 0.3) is 0 Å². The van der Waals surface area contributed by atoms with Gasteiger partial charge in [-0.1, -0.05) is 0 Å². The Bertz CT molecular complexity index is 338. The van der Waals surface area contributed by atoms with Crippen LogP contribution >= 0.6 is 0 Å². The molecule has 0 atom stereocenters. The quantitative estimate of drug-likeness (QED) is 0.589. The van der Waals surface area contributed by atoms with Crippen molar-refractivity contribution < 1.29 is 9.18 Å². The molecule has 0 saturated heterocycles. The van der Waals surface area contributed by atoms with Crippen LogP contribution in [0.4, 0.5) is 10.1 Å². The molecule has 2 rings (SSSR count). The Morgan fingerprint density at radius 3 is 3.17 bits per heavy atom. The van der Waals surface area contributed by atoms with Crippen molar-refractivity contribution in [2.45, 2.75) is 6.42 Å². The van der Waals surface area contributed by atoms with Crippen LogP contribution in [0.1, 0.15) is 16.9 Å². The molecule has 0 radical (unpaired) electrons. The lowest BCUT2D eigenvalue weighted by Crippen LogP contribution is -2.19. The summed E-state index contributed by atoms with van der Waals surface area (Å²) >= 11 is 0. The van der Waals surface area contributed by atoms with E-state index in [-0.39, 0.29) is 11.5 Å². The number of hydrogen-bond donors (Lipinski definition) is 1. The fraction of sp³-hybridized carbons (Fsp3) is 0.250. The van der Waals surface area contributed by atoms with Gasteiger partial charge in [0.2, 0.25) is 5.95 Å². The summed E-state index contributed by atoms with van der Waals surface area (Å²) in [7, 11) is 0. The van der Waals surface area contributed by atoms with E-state index in [9.17, 15) is 9.18 Å². The largest absolute Gasteiger partial charge is 0.383 e. The van der Waals surface area contributed by atoms with Gasteiger partial charge in [-0.25, -0.2) is 4.98 Å². The molecule has 0 amide bonds. The van der Waals surface area contributed by atoms with Crippen LogP contribution < -0.4 is 5.32 Å². The van der Waals surface area contributed by atoms with Gasteiger partial charge in [0.1, 0.15) is 5.69 Å². The van der Waals surface area contributed by atoms with Crippen LogP contribution in [-0.2, 0) is 0 Å². The number of anilines is 1. The molecule has 1 aromatic rings. The minimum atomic E-state index is -0.606. The maximum absolute atomic E-state index is 12.6. The van der Waals surface area contributed by atoms with E-state index >= 15 is 0 Å². The molecular weight excluding hydrogens is 159 g/mol. The lowest BCUT2D eigenvalue weighted by molar-refractivity contribution is 0.0977. The zero-order valence-electron chi connectivity index (χ0n) is 6.30. The molecule has 0 fully saturated rings. The summed E-state index contributed by atoms with van der Waals surface area (Å²) in [5.74, 6) is -0.700. The van der Waals surface area contributed by atoms with Crippen molar-refractivity contribution in [3.8, 4) is 0 Å². The van der Waals surface area contributed by atoms with Gasteiger partial charge in [0.05, 0.1) is 5.69 Å². The Hall–Kier alpha value is -1.45. The number of hydrogen-bond acceptors (Lipinski definition) is 3. The number of halogens is 1. The summed E-state index contributed by atoms with van der Waals surface area (Å²) < 4.78 is 12.6. The molecule has 12 heavy (non-hydrogen) atoms. The minimum absolute atomic E-state index is 0.0942. The second kappa shape index (κ2) is 2.55. The van der Waals surface area contributed by atoms with Crippen molar-refractivity contribution in [3.63, 3.8) is 0 Å². The Kier molecular flexibility index (Phi) is 1.53. The highest BCUT2D eigenvalue weighted by Gasteiger charge is 2.18. The smallest absolute Gasteiger partial charge is 0.213 e. The average molecular weight is 166 g/mol. The summed E-state index contributed by atoms with van der Waals surface area (Å²) in [6.07, 6.45) is 0.392. The molecule has 0 spiro atoms. The number of pyridine rings is 1. The Morgan fingerprint density at radius 1 is 1.50 bits per heavy atom. The normalized spacial score (nSPS) is 15.2. The molecule has 0 bridgehead atoms. The van der Waals surface area contributed by atoms with E-state index in [0.29, 0.717) is 18.7 Å². The van der Waals surface area contributed by atoms with Crippen molar-refractivity contribution in [2.24, 2.45) is 0 Å². The van der Waals surface area contributed by atoms with Crippen molar-refractivity contribution in [3.05, 3.63) is 23.8 Å². The summed E-state index contributed by atoms with van der Waals surface area (Å²) in [6.45, 7) is 0.610. The first kappa shape index (κ1) is 7.21. The first-order valence-corrected chi connectivity index (χ1v) is 3.71. The predicted octanol–water partition coefficient (Wildman–Crippen LogP) is 1.22. The van der Waals surface area contributed by atoms with Crippen molar-refractivity contribution in [1.29, 1.82) is 0 Å². The Morgan fingerprint density at radius 2 is 2.33 bits per heavy atom. The van der Waals surface area contributed by atoms with Gasteiger partial charge < -0.3 is 5.32 Å². The second-order valence-electron chi connectivity index (χ2n) is 2.63. The van der Waals surface area contributed by atoms with Gasteiger partial charge in [-0.05, 0) is 12.1 Å². The van der Waals surface area contributed by atoms with E-state index in [1.54, 1.807) is 0 Å². The molecular formula is C8H7FN2O. The highest BCUT2D eigenvalue weighted by molar-refractivity contribution is 6.01. The lowest BCUT2D eigenvalue weighted by Gasteiger charge is -2.14. The predicted molar refractivity (Wildman–Crippen MR) is 41.6 cm³/mol. The fourth-order valence-corrected chi connectivity index (χ4v) is 1.22. The number of nitrogens with one attached hydrogen (secondary N) is 1. The van der Waals surface area contributed by atoms with Gasteiger partial charge in [0, 0.05) is 13.0 Å². The number of rotatable bonds is 0. The van der Waals surface area contributed by atoms with Crippen LogP contribution in [0.5, 0.6) is 0 Å². The zero-order valence-corrected chi connectivity index (χ0v) is 6.30. The molecule has 0 unspecified atom stereocenters. The topological polar surface area (TPSA) is 42.0 Å². The van der Waals surface area contributed by atoms with Gasteiger partial charge in [0.15, 0.2) is 5.78 Å². The van der Waals surface area contributed by atoms with E-state index in [2.05, 4.69) is 10.3 Å². The number of nitrogens with zero attached hydrogens (tertiary/aromatic N) is 1. The monoisotopic (exact) mass is 166 g/mol. The number of Topliss-reactive ketones (excluding diaryl/α,β-unsaturated/α-hetero) is 1. The molecule has 62 valence electrons. The molecule has 0 aliphatic carbocycles. The maximum Gasteiger partial charge on any atom is 0.213 e. The van der Waals surface area contributed by atoms with Crippen molar-refractivity contribution in [2.75, 3.05) is 11.9 Å². The van der Waals surface area contributed by atoms with Crippen LogP contribution in [-0.4, -0.2) is 17.3 Å². The maximum atomic E-state index is 12.6. The van der Waals surface area contributed by atoms with E-state index in [1.807, 2.05) is 0 Å². The third kappa shape index (κ3) is 1.05. The number of ketones is 1. The molecule has 3 nitrogen and oxygen atoms in total. The number of fused-ring (bicyclic) bond motifs is 1. The van der Waals surface area contributed by atoms with Crippen LogP contribution in [0.15, 0.2) is 12.1 Å². The molecule has 1 aliphatic heterocycles. The van der Waals surface area contributed by atoms with Gasteiger partial charge >= 0.3 is 0 Å². The summed E-state index contributed by atoms with van der Waals surface area (Å²) in [5, 5.41) is 2.97. The van der Waals surface area contributed by atoms with Gasteiger partial charge in [-0.2, -0.15) is 4.39 Å². The third-order valence-corrected chi connectivity index (χ3v) is 1.79. The molecule has 4 heteroatoms. The van der Waals surface area contributed by atoms with Crippen molar-refractivity contribution in [1.82, 2.24) is 4.98 Å². The first-order chi connectivity index (χ1) is 5.77. The van der Waals surface area contributed by atoms with E-state index in [1.165, 1.54) is 12.1 Å². The SMILES string of the molecule is O=C1CCNc2ccc(F)nc21. The molecule has 0 aromatic carbocycles. The average Bonchev–Trinajstić information content (AvgIpc) is 2.07. The van der Waals surface area contributed by atoms with Crippen LogP contribution in [0.2, 0.25) is 0 Å². The fourth-order valence-electron chi connectivity index (χ4n) is 1.22. The van der Waals surface area contributed by atoms with Crippen LogP contribution in [0.3, 0.4) is 0 Å². The van der Waals surface area contributed by atoms with E-state index < -0.39 is 5.95 Å². The van der Waals surface area contributed by atoms with E-state index in [4.69, 9.17) is 0 Å². The second-order valence-corrected chi connectivity index (χ2v) is 2.63. The highest BCUT2D eigenvalue weighted by atomic mass is 19.1. The first-order valence-electron chi connectivity index (χ1n) is 3.71. The van der Waals surface area contributed by atoms with Gasteiger partial charge in [0.25, 0.3) is 0 Å². The summed E-state index contributed by atoms with van der Waals surface area (Å²) in [4.78, 5) is 14.7. The van der Waals surface area contributed by atoms with Crippen LogP contribution in [0, 0.1) is 5.95 Å². The number of aromatic nitrogens is 1. The lowest BCUT2D eigenvalue weighted by atomic mass is 10.1. The Balaban J connectivity index is 2.54. The molecule has 1 N–H and O–H groups in total. The summed E-state index contributed by atoms with van der Waals surface area (Å²) in [5.41, 5.74) is 0.855. The zero-order chi connectivity index (χ0) is 8.55. The molecule has 1 aromatic heterocycles. The molecule has 1 aliphatic rings. The highest BCUT2D eigenvalue weighted by Crippen LogP contribution is 2.19. The van der Waals surface area contributed by atoms with Gasteiger partial charge in [-0.15, -0.1) is 0 Å². The minimum Gasteiger partial charge on any atom is -0.383 e. The van der Waals surface area contributed by atoms with Crippen molar-refractivity contribution >= 4 is 11.5 Å². The molecule has 0 saturated carbocycles. The Labute approximate surface area is 68.6 Å².